The van der Waals surface area contributed by atoms with Gasteiger partial charge in [0.2, 0.25) is 5.91 Å². The van der Waals surface area contributed by atoms with Crippen molar-refractivity contribution in [2.75, 3.05) is 13.2 Å². The molecule has 1 aliphatic heterocycles. The van der Waals surface area contributed by atoms with Crippen LogP contribution in [-0.4, -0.2) is 34.9 Å². The number of aryl methyl sites for hydroxylation is 2. The molecule has 2 heterocycles. The molecule has 1 N–H and O–H groups in total. The fraction of sp³-hybridized carbons (Fsp3) is 0.667. The second-order valence-electron chi connectivity index (χ2n) is 5.76. The Balaban J connectivity index is 1.61. The third-order valence-electron chi connectivity index (χ3n) is 4.12. The number of amides is 1. The number of carbonyl (C=O) groups excluding carboxylic acids is 1. The average Bonchev–Trinajstić information content (AvgIpc) is 2.99. The predicted octanol–water partition coefficient (Wildman–Crippen LogP) is 0.417. The number of fused-ring (bicyclic) bond motifs is 1. The summed E-state index contributed by atoms with van der Waals surface area (Å²) in [5.74, 6) is -0.184. The highest BCUT2D eigenvalue weighted by Crippen LogP contribution is 2.16. The molecular weight excluding hydrogens is 270 g/mol. The number of ether oxygens (including phenoxy) is 1. The summed E-state index contributed by atoms with van der Waals surface area (Å²) in [6.07, 6.45) is 6.17. The molecule has 1 aliphatic carbocycles. The van der Waals surface area contributed by atoms with Gasteiger partial charge in [0.1, 0.15) is 6.54 Å². The molecule has 1 saturated heterocycles. The Labute approximate surface area is 123 Å². The van der Waals surface area contributed by atoms with E-state index in [0.29, 0.717) is 6.54 Å². The Hall–Kier alpha value is -1.69. The first-order chi connectivity index (χ1) is 10.2. The number of nitrogens with zero attached hydrogens (tertiary/aromatic N) is 2. The minimum Gasteiger partial charge on any atom is -0.376 e. The zero-order valence-electron chi connectivity index (χ0n) is 12.1. The van der Waals surface area contributed by atoms with E-state index in [0.717, 1.165) is 56.4 Å². The molecule has 0 unspecified atom stereocenters. The van der Waals surface area contributed by atoms with Crippen LogP contribution in [0.3, 0.4) is 0 Å². The molecular formula is C15H21N3O3. The van der Waals surface area contributed by atoms with Gasteiger partial charge in [-0.05, 0) is 44.1 Å². The monoisotopic (exact) mass is 291 g/mol. The van der Waals surface area contributed by atoms with Crippen molar-refractivity contribution in [2.24, 2.45) is 0 Å². The lowest BCUT2D eigenvalue weighted by molar-refractivity contribution is -0.122. The summed E-state index contributed by atoms with van der Waals surface area (Å²) >= 11 is 0. The number of hydrogen-bond donors (Lipinski definition) is 1. The lowest BCUT2D eigenvalue weighted by Gasteiger charge is -2.16. The summed E-state index contributed by atoms with van der Waals surface area (Å²) in [5, 5.41) is 7.16. The van der Waals surface area contributed by atoms with E-state index >= 15 is 0 Å². The average molecular weight is 291 g/mol. The summed E-state index contributed by atoms with van der Waals surface area (Å²) in [5.41, 5.74) is 1.82. The van der Waals surface area contributed by atoms with Crippen molar-refractivity contribution in [2.45, 2.75) is 51.2 Å². The summed E-state index contributed by atoms with van der Waals surface area (Å²) in [6.45, 7) is 1.27. The third kappa shape index (κ3) is 3.50. The first-order valence-corrected chi connectivity index (χ1v) is 7.70. The highest BCUT2D eigenvalue weighted by molar-refractivity contribution is 5.75. The van der Waals surface area contributed by atoms with E-state index < -0.39 is 0 Å². The Bertz CT molecular complexity index is 576. The molecule has 0 spiro atoms. The molecule has 1 aromatic heterocycles. The molecule has 21 heavy (non-hydrogen) atoms. The fourth-order valence-corrected chi connectivity index (χ4v) is 2.94. The number of hydrogen-bond acceptors (Lipinski definition) is 4. The molecule has 1 aromatic rings. The van der Waals surface area contributed by atoms with Gasteiger partial charge in [-0.1, -0.05) is 0 Å². The van der Waals surface area contributed by atoms with Gasteiger partial charge >= 0.3 is 0 Å². The fourth-order valence-electron chi connectivity index (χ4n) is 2.94. The van der Waals surface area contributed by atoms with Gasteiger partial charge < -0.3 is 10.1 Å². The van der Waals surface area contributed by atoms with Gasteiger partial charge in [-0.3, -0.25) is 9.59 Å². The SMILES string of the molecule is O=C(Cn1nc2c(cc1=O)CCCC2)NC[C@@H]1CCCO1. The van der Waals surface area contributed by atoms with Gasteiger partial charge in [0.25, 0.3) is 5.56 Å². The third-order valence-corrected chi connectivity index (χ3v) is 4.12. The molecule has 3 rings (SSSR count). The number of carbonyl (C=O) groups is 1. The van der Waals surface area contributed by atoms with Crippen LogP contribution < -0.4 is 10.9 Å². The topological polar surface area (TPSA) is 73.2 Å². The molecule has 2 aliphatic rings. The largest absolute Gasteiger partial charge is 0.376 e. The lowest BCUT2D eigenvalue weighted by atomic mass is 9.97. The molecule has 6 nitrogen and oxygen atoms in total. The molecule has 0 radical (unpaired) electrons. The molecule has 114 valence electrons. The van der Waals surface area contributed by atoms with E-state index in [4.69, 9.17) is 4.74 Å². The van der Waals surface area contributed by atoms with Gasteiger partial charge in [0.15, 0.2) is 0 Å². The van der Waals surface area contributed by atoms with Crippen molar-refractivity contribution in [3.63, 3.8) is 0 Å². The maximum atomic E-state index is 12.0. The molecule has 1 atom stereocenters. The van der Waals surface area contributed by atoms with Crippen LogP contribution in [-0.2, 0) is 28.9 Å². The zero-order chi connectivity index (χ0) is 14.7. The zero-order valence-corrected chi connectivity index (χ0v) is 12.1. The molecule has 6 heteroatoms. The minimum absolute atomic E-state index is 0.0150. The van der Waals surface area contributed by atoms with Gasteiger partial charge in [-0.2, -0.15) is 5.10 Å². The van der Waals surface area contributed by atoms with E-state index in [1.54, 1.807) is 6.07 Å². The first kappa shape index (κ1) is 14.3. The van der Waals surface area contributed by atoms with Gasteiger partial charge in [-0.25, -0.2) is 4.68 Å². The molecule has 0 aromatic carbocycles. The highest BCUT2D eigenvalue weighted by atomic mass is 16.5. The quantitative estimate of drug-likeness (QED) is 0.872. The van der Waals surface area contributed by atoms with Crippen molar-refractivity contribution in [1.29, 1.82) is 0 Å². The molecule has 1 fully saturated rings. The predicted molar refractivity (Wildman–Crippen MR) is 77.1 cm³/mol. The summed E-state index contributed by atoms with van der Waals surface area (Å²) in [6, 6.07) is 1.63. The Morgan fingerprint density at radius 1 is 1.38 bits per heavy atom. The van der Waals surface area contributed by atoms with Crippen LogP contribution in [0.25, 0.3) is 0 Å². The summed E-state index contributed by atoms with van der Waals surface area (Å²) < 4.78 is 6.73. The van der Waals surface area contributed by atoms with Crippen LogP contribution in [0.5, 0.6) is 0 Å². The number of nitrogens with one attached hydrogen (secondary N) is 1. The lowest BCUT2D eigenvalue weighted by Crippen LogP contribution is -2.37. The molecule has 1 amide bonds. The smallest absolute Gasteiger partial charge is 0.267 e. The van der Waals surface area contributed by atoms with Crippen LogP contribution in [0, 0.1) is 0 Å². The maximum absolute atomic E-state index is 12.0. The highest BCUT2D eigenvalue weighted by Gasteiger charge is 2.17. The molecule has 0 bridgehead atoms. The van der Waals surface area contributed by atoms with E-state index in [-0.39, 0.29) is 24.1 Å². The number of rotatable bonds is 4. The summed E-state index contributed by atoms with van der Waals surface area (Å²) in [4.78, 5) is 23.9. The van der Waals surface area contributed by atoms with Crippen LogP contribution in [0.15, 0.2) is 10.9 Å². The van der Waals surface area contributed by atoms with Crippen molar-refractivity contribution in [3.05, 3.63) is 27.7 Å². The van der Waals surface area contributed by atoms with Crippen molar-refractivity contribution in [3.8, 4) is 0 Å². The van der Waals surface area contributed by atoms with Crippen LogP contribution in [0.1, 0.15) is 36.9 Å². The van der Waals surface area contributed by atoms with Crippen LogP contribution in [0.2, 0.25) is 0 Å². The van der Waals surface area contributed by atoms with Gasteiger partial charge in [0.05, 0.1) is 11.8 Å². The van der Waals surface area contributed by atoms with E-state index in [1.807, 2.05) is 0 Å². The van der Waals surface area contributed by atoms with Crippen LogP contribution in [0.4, 0.5) is 0 Å². The normalized spacial score (nSPS) is 21.0. The van der Waals surface area contributed by atoms with E-state index in [9.17, 15) is 9.59 Å². The summed E-state index contributed by atoms with van der Waals surface area (Å²) in [7, 11) is 0. The van der Waals surface area contributed by atoms with Gasteiger partial charge in [-0.15, -0.1) is 0 Å². The number of aromatic nitrogens is 2. The maximum Gasteiger partial charge on any atom is 0.267 e. The second kappa shape index (κ2) is 6.39. The Morgan fingerprint density at radius 2 is 2.24 bits per heavy atom. The van der Waals surface area contributed by atoms with Crippen molar-refractivity contribution < 1.29 is 9.53 Å². The molecule has 0 saturated carbocycles. The van der Waals surface area contributed by atoms with Crippen molar-refractivity contribution >= 4 is 5.91 Å². The van der Waals surface area contributed by atoms with E-state index in [1.165, 1.54) is 4.68 Å². The second-order valence-corrected chi connectivity index (χ2v) is 5.76. The minimum atomic E-state index is -0.192. The van der Waals surface area contributed by atoms with E-state index in [2.05, 4.69) is 10.4 Å². The standard InChI is InChI=1S/C15H21N3O3/c19-14(16-9-12-5-3-7-21-12)10-18-15(20)8-11-4-1-2-6-13(11)17-18/h8,12H,1-7,9-10H2,(H,16,19)/t12-/m0/s1. The van der Waals surface area contributed by atoms with Crippen molar-refractivity contribution in [1.82, 2.24) is 15.1 Å². The Kier molecular flexibility index (Phi) is 4.34. The van der Waals surface area contributed by atoms with Gasteiger partial charge in [0, 0.05) is 19.2 Å². The first-order valence-electron chi connectivity index (χ1n) is 7.70. The Morgan fingerprint density at radius 3 is 3.05 bits per heavy atom. The van der Waals surface area contributed by atoms with Crippen LogP contribution >= 0.6 is 0 Å².